The molecule has 2 N–H and O–H groups in total. The fourth-order valence-electron chi connectivity index (χ4n) is 2.02. The van der Waals surface area contributed by atoms with Crippen molar-refractivity contribution in [3.63, 3.8) is 0 Å². The van der Waals surface area contributed by atoms with Crippen LogP contribution in [0, 0.1) is 5.82 Å². The summed E-state index contributed by atoms with van der Waals surface area (Å²) < 4.78 is 40.0. The Balaban J connectivity index is 1.64. The smallest absolute Gasteiger partial charge is 0.250 e. The van der Waals surface area contributed by atoms with E-state index in [4.69, 9.17) is 0 Å². The molecule has 23 heavy (non-hydrogen) atoms. The highest BCUT2D eigenvalue weighted by Gasteiger charge is 2.14. The molecule has 0 bridgehead atoms. The number of sulfonamides is 1. The fraction of sp³-hybridized carbons (Fsp3) is 0.143. The predicted octanol–water partition coefficient (Wildman–Crippen LogP) is 2.22. The van der Waals surface area contributed by atoms with Crippen LogP contribution in [-0.4, -0.2) is 31.5 Å². The van der Waals surface area contributed by atoms with Crippen LogP contribution in [-0.2, 0) is 10.0 Å². The van der Waals surface area contributed by atoms with Crippen molar-refractivity contribution >= 4 is 38.1 Å². The van der Waals surface area contributed by atoms with Gasteiger partial charge in [-0.25, -0.2) is 27.5 Å². The van der Waals surface area contributed by atoms with Crippen molar-refractivity contribution < 1.29 is 12.8 Å². The molecule has 0 aliphatic heterocycles. The predicted molar refractivity (Wildman–Crippen MR) is 87.5 cm³/mol. The molecule has 0 unspecified atom stereocenters. The van der Waals surface area contributed by atoms with E-state index in [1.54, 1.807) is 23.6 Å². The molecular formula is C14H13FN4O2S2. The van der Waals surface area contributed by atoms with Gasteiger partial charge in [-0.2, -0.15) is 0 Å². The zero-order valence-corrected chi connectivity index (χ0v) is 13.5. The first-order valence-corrected chi connectivity index (χ1v) is 9.10. The summed E-state index contributed by atoms with van der Waals surface area (Å²) in [7, 11) is -3.48. The molecule has 0 aliphatic carbocycles. The van der Waals surface area contributed by atoms with Crippen molar-refractivity contribution in [3.05, 3.63) is 47.9 Å². The van der Waals surface area contributed by atoms with Gasteiger partial charge in [-0.15, -0.1) is 11.3 Å². The van der Waals surface area contributed by atoms with Crippen LogP contribution in [0.3, 0.4) is 0 Å². The van der Waals surface area contributed by atoms with Crippen molar-refractivity contribution in [1.82, 2.24) is 14.7 Å². The maximum Gasteiger partial charge on any atom is 0.250 e. The Labute approximate surface area is 136 Å². The van der Waals surface area contributed by atoms with Gasteiger partial charge >= 0.3 is 0 Å². The highest BCUT2D eigenvalue weighted by Crippen LogP contribution is 2.20. The van der Waals surface area contributed by atoms with E-state index < -0.39 is 10.0 Å². The average Bonchev–Trinajstić information content (AvgIpc) is 3.07. The molecule has 120 valence electrons. The van der Waals surface area contributed by atoms with Crippen molar-refractivity contribution in [1.29, 1.82) is 0 Å². The van der Waals surface area contributed by atoms with Crippen molar-refractivity contribution in [2.75, 3.05) is 18.4 Å². The first-order chi connectivity index (χ1) is 11.1. The van der Waals surface area contributed by atoms with Gasteiger partial charge in [0.1, 0.15) is 22.2 Å². The van der Waals surface area contributed by atoms with E-state index in [-0.39, 0.29) is 16.6 Å². The summed E-state index contributed by atoms with van der Waals surface area (Å²) in [5.74, 6) is 0.0820. The second kappa shape index (κ2) is 6.57. The Hall–Kier alpha value is -2.10. The molecule has 0 amide bonds. The van der Waals surface area contributed by atoms with Gasteiger partial charge in [0.2, 0.25) is 10.0 Å². The Morgan fingerprint density at radius 1 is 1.17 bits per heavy atom. The SMILES string of the molecule is O=S(=O)(NCCNc1ncnc2ccc(F)cc12)c1cccs1. The second-order valence-electron chi connectivity index (χ2n) is 4.64. The van der Waals surface area contributed by atoms with E-state index >= 15 is 0 Å². The third-order valence-electron chi connectivity index (χ3n) is 3.07. The third-order valence-corrected chi connectivity index (χ3v) is 5.93. The van der Waals surface area contributed by atoms with Crippen LogP contribution in [0.2, 0.25) is 0 Å². The van der Waals surface area contributed by atoms with Crippen molar-refractivity contribution in [3.8, 4) is 0 Å². The molecule has 3 aromatic rings. The molecule has 0 saturated heterocycles. The Morgan fingerprint density at radius 2 is 2.04 bits per heavy atom. The van der Waals surface area contributed by atoms with Crippen LogP contribution < -0.4 is 10.0 Å². The summed E-state index contributed by atoms with van der Waals surface area (Å²) >= 11 is 1.15. The average molecular weight is 352 g/mol. The number of hydrogen-bond acceptors (Lipinski definition) is 6. The van der Waals surface area contributed by atoms with E-state index in [9.17, 15) is 12.8 Å². The lowest BCUT2D eigenvalue weighted by Gasteiger charge is -2.09. The fourth-order valence-corrected chi connectivity index (χ4v) is 4.09. The van der Waals surface area contributed by atoms with Gasteiger partial charge in [0.25, 0.3) is 0 Å². The number of benzene rings is 1. The Kier molecular flexibility index (Phi) is 4.51. The summed E-state index contributed by atoms with van der Waals surface area (Å²) in [6, 6.07) is 7.46. The molecular weight excluding hydrogens is 339 g/mol. The Morgan fingerprint density at radius 3 is 2.83 bits per heavy atom. The van der Waals surface area contributed by atoms with E-state index in [1.807, 2.05) is 0 Å². The summed E-state index contributed by atoms with van der Waals surface area (Å²) in [5, 5.41) is 5.24. The minimum atomic E-state index is -3.48. The zero-order valence-electron chi connectivity index (χ0n) is 11.9. The molecule has 0 atom stereocenters. The lowest BCUT2D eigenvalue weighted by molar-refractivity contribution is 0.585. The van der Waals surface area contributed by atoms with Crippen LogP contribution in [0.4, 0.5) is 10.2 Å². The number of rotatable bonds is 6. The highest BCUT2D eigenvalue weighted by atomic mass is 32.2. The number of aromatic nitrogens is 2. The summed E-state index contributed by atoms with van der Waals surface area (Å²) in [6.07, 6.45) is 1.37. The monoisotopic (exact) mass is 352 g/mol. The highest BCUT2D eigenvalue weighted by molar-refractivity contribution is 7.91. The molecule has 3 rings (SSSR count). The zero-order chi connectivity index (χ0) is 16.3. The molecule has 2 aromatic heterocycles. The van der Waals surface area contributed by atoms with Crippen LogP contribution in [0.15, 0.2) is 46.2 Å². The van der Waals surface area contributed by atoms with Crippen LogP contribution in [0.25, 0.3) is 10.9 Å². The number of anilines is 1. The summed E-state index contributed by atoms with van der Waals surface area (Å²) in [6.45, 7) is 0.494. The molecule has 0 aliphatic rings. The van der Waals surface area contributed by atoms with Crippen LogP contribution in [0.1, 0.15) is 0 Å². The van der Waals surface area contributed by atoms with E-state index in [1.165, 1.54) is 18.5 Å². The molecule has 0 saturated carbocycles. The standard InChI is InChI=1S/C14H13FN4O2S2/c15-10-3-4-12-11(8-10)14(18-9-17-12)16-5-6-19-23(20,21)13-2-1-7-22-13/h1-4,7-9,19H,5-6H2,(H,16,17,18). The molecule has 1 aromatic carbocycles. The van der Waals surface area contributed by atoms with Gasteiger partial charge in [0.15, 0.2) is 0 Å². The van der Waals surface area contributed by atoms with Crippen LogP contribution >= 0.6 is 11.3 Å². The molecule has 6 nitrogen and oxygen atoms in total. The molecule has 0 fully saturated rings. The number of halogens is 1. The first kappa shape index (κ1) is 15.8. The lowest BCUT2D eigenvalue weighted by Crippen LogP contribution is -2.28. The number of hydrogen-bond donors (Lipinski definition) is 2. The van der Waals surface area contributed by atoms with Gasteiger partial charge in [0.05, 0.1) is 5.52 Å². The molecule has 0 radical (unpaired) electrons. The topological polar surface area (TPSA) is 84.0 Å². The van der Waals surface area contributed by atoms with Gasteiger partial charge in [-0.05, 0) is 29.6 Å². The van der Waals surface area contributed by atoms with Crippen molar-refractivity contribution in [2.24, 2.45) is 0 Å². The largest absolute Gasteiger partial charge is 0.368 e. The quantitative estimate of drug-likeness (QED) is 0.665. The third kappa shape index (κ3) is 3.63. The molecule has 2 heterocycles. The number of nitrogens with one attached hydrogen (secondary N) is 2. The van der Waals surface area contributed by atoms with Crippen molar-refractivity contribution in [2.45, 2.75) is 4.21 Å². The van der Waals surface area contributed by atoms with Gasteiger partial charge < -0.3 is 5.32 Å². The van der Waals surface area contributed by atoms with E-state index in [2.05, 4.69) is 20.0 Å². The number of nitrogens with zero attached hydrogens (tertiary/aromatic N) is 2. The summed E-state index contributed by atoms with van der Waals surface area (Å²) in [5.41, 5.74) is 0.614. The normalized spacial score (nSPS) is 11.7. The summed E-state index contributed by atoms with van der Waals surface area (Å²) in [4.78, 5) is 8.12. The second-order valence-corrected chi connectivity index (χ2v) is 7.58. The lowest BCUT2D eigenvalue weighted by atomic mass is 10.2. The maximum atomic E-state index is 13.3. The first-order valence-electron chi connectivity index (χ1n) is 6.73. The van der Waals surface area contributed by atoms with Gasteiger partial charge in [0, 0.05) is 18.5 Å². The van der Waals surface area contributed by atoms with Crippen LogP contribution in [0.5, 0.6) is 0 Å². The van der Waals surface area contributed by atoms with Gasteiger partial charge in [-0.1, -0.05) is 6.07 Å². The minimum absolute atomic E-state index is 0.182. The number of fused-ring (bicyclic) bond motifs is 1. The molecule has 0 spiro atoms. The molecule has 9 heteroatoms. The maximum absolute atomic E-state index is 13.3. The Bertz CT molecular complexity index is 914. The van der Waals surface area contributed by atoms with E-state index in [0.717, 1.165) is 11.3 Å². The van der Waals surface area contributed by atoms with Gasteiger partial charge in [-0.3, -0.25) is 0 Å². The number of thiophene rings is 1. The minimum Gasteiger partial charge on any atom is -0.368 e. The van der Waals surface area contributed by atoms with E-state index in [0.29, 0.717) is 23.3 Å².